The van der Waals surface area contributed by atoms with E-state index in [2.05, 4.69) is 19.1 Å². The molecule has 0 aromatic rings. The Kier molecular flexibility index (Phi) is 9.79. The highest BCUT2D eigenvalue weighted by Gasteiger charge is 2.32. The van der Waals surface area contributed by atoms with E-state index in [0.29, 0.717) is 17.8 Å². The fraction of sp³-hybridized carbons (Fsp3) is 0.917. The van der Waals surface area contributed by atoms with Gasteiger partial charge in [-0.3, -0.25) is 0 Å². The lowest BCUT2D eigenvalue weighted by Crippen LogP contribution is -2.39. The van der Waals surface area contributed by atoms with E-state index in [-0.39, 0.29) is 12.6 Å². The van der Waals surface area contributed by atoms with Crippen molar-refractivity contribution in [2.45, 2.75) is 90.6 Å². The van der Waals surface area contributed by atoms with E-state index >= 15 is 0 Å². The van der Waals surface area contributed by atoms with E-state index in [4.69, 9.17) is 18.9 Å². The van der Waals surface area contributed by atoms with Crippen LogP contribution in [0.15, 0.2) is 12.2 Å². The van der Waals surface area contributed by atoms with E-state index in [1.165, 1.54) is 51.4 Å². The molecular weight excluding hydrogens is 352 g/mol. The van der Waals surface area contributed by atoms with Crippen molar-refractivity contribution in [1.82, 2.24) is 0 Å². The molecule has 3 aliphatic rings. The van der Waals surface area contributed by atoms with Gasteiger partial charge in [-0.25, -0.2) is 0 Å². The van der Waals surface area contributed by atoms with Gasteiger partial charge in [0.15, 0.2) is 12.6 Å². The first-order chi connectivity index (χ1) is 13.8. The maximum absolute atomic E-state index is 6.14. The zero-order valence-corrected chi connectivity index (χ0v) is 18.2. The van der Waals surface area contributed by atoms with Gasteiger partial charge in [-0.05, 0) is 51.4 Å². The normalized spacial score (nSPS) is 37.4. The van der Waals surface area contributed by atoms with Gasteiger partial charge in [-0.2, -0.15) is 0 Å². The minimum Gasteiger partial charge on any atom is -0.352 e. The van der Waals surface area contributed by atoms with Crippen LogP contribution in [0.25, 0.3) is 0 Å². The summed E-state index contributed by atoms with van der Waals surface area (Å²) in [6, 6.07) is 0. The van der Waals surface area contributed by atoms with Crippen molar-refractivity contribution in [1.29, 1.82) is 0 Å². The highest BCUT2D eigenvalue weighted by molar-refractivity contribution is 4.86. The monoisotopic (exact) mass is 394 g/mol. The van der Waals surface area contributed by atoms with Crippen LogP contribution < -0.4 is 0 Å². The minimum absolute atomic E-state index is 0.0385. The van der Waals surface area contributed by atoms with Gasteiger partial charge in [0.25, 0.3) is 0 Å². The Morgan fingerprint density at radius 2 is 1.46 bits per heavy atom. The maximum Gasteiger partial charge on any atom is 0.160 e. The predicted octanol–water partition coefficient (Wildman–Crippen LogP) is 5.71. The molecule has 0 atom stereocenters. The lowest BCUT2D eigenvalue weighted by atomic mass is 9.79. The first-order valence-electron chi connectivity index (χ1n) is 11.9. The highest BCUT2D eigenvalue weighted by atomic mass is 16.7. The van der Waals surface area contributed by atoms with Crippen molar-refractivity contribution in [3.8, 4) is 0 Å². The third-order valence-corrected chi connectivity index (χ3v) is 6.75. The molecule has 2 heterocycles. The summed E-state index contributed by atoms with van der Waals surface area (Å²) < 4.78 is 24.0. The van der Waals surface area contributed by atoms with Crippen LogP contribution >= 0.6 is 0 Å². The van der Waals surface area contributed by atoms with E-state index in [1.54, 1.807) is 0 Å². The molecule has 2 aliphatic heterocycles. The van der Waals surface area contributed by atoms with E-state index < -0.39 is 0 Å². The van der Waals surface area contributed by atoms with Gasteiger partial charge in [-0.15, -0.1) is 0 Å². The summed E-state index contributed by atoms with van der Waals surface area (Å²) in [6.45, 7) is 7.54. The predicted molar refractivity (Wildman–Crippen MR) is 112 cm³/mol. The average Bonchev–Trinajstić information content (AvgIpc) is 2.75. The number of allylic oxidation sites excluding steroid dienone is 1. The average molecular weight is 395 g/mol. The van der Waals surface area contributed by atoms with Crippen molar-refractivity contribution >= 4 is 0 Å². The Morgan fingerprint density at radius 1 is 0.750 bits per heavy atom. The van der Waals surface area contributed by atoms with Crippen LogP contribution in [-0.4, -0.2) is 39.0 Å². The summed E-state index contributed by atoms with van der Waals surface area (Å²) in [5.41, 5.74) is 0. The third-order valence-electron chi connectivity index (χ3n) is 6.75. The van der Waals surface area contributed by atoms with Gasteiger partial charge in [-0.1, -0.05) is 44.8 Å². The van der Waals surface area contributed by atoms with Crippen molar-refractivity contribution in [2.75, 3.05) is 26.4 Å². The molecule has 0 radical (unpaired) electrons. The van der Waals surface area contributed by atoms with Crippen LogP contribution in [0.3, 0.4) is 0 Å². The van der Waals surface area contributed by atoms with Crippen LogP contribution in [0, 0.1) is 23.7 Å². The molecule has 1 aliphatic carbocycles. The van der Waals surface area contributed by atoms with Crippen molar-refractivity contribution in [3.63, 3.8) is 0 Å². The molecule has 0 aromatic heterocycles. The molecule has 0 spiro atoms. The topological polar surface area (TPSA) is 36.9 Å². The molecule has 1 saturated carbocycles. The highest BCUT2D eigenvalue weighted by Crippen LogP contribution is 2.36. The molecule has 2 saturated heterocycles. The van der Waals surface area contributed by atoms with Gasteiger partial charge < -0.3 is 18.9 Å². The Bertz CT molecular complexity index is 428. The lowest BCUT2D eigenvalue weighted by Gasteiger charge is -2.38. The molecule has 4 heteroatoms. The van der Waals surface area contributed by atoms with Crippen molar-refractivity contribution in [2.24, 2.45) is 23.7 Å². The quantitative estimate of drug-likeness (QED) is 0.371. The van der Waals surface area contributed by atoms with E-state index in [9.17, 15) is 0 Å². The molecule has 3 fully saturated rings. The van der Waals surface area contributed by atoms with Gasteiger partial charge in [0.2, 0.25) is 0 Å². The summed E-state index contributed by atoms with van der Waals surface area (Å²) in [6.07, 6.45) is 17.1. The molecule has 0 amide bonds. The van der Waals surface area contributed by atoms with Crippen LogP contribution in [-0.2, 0) is 18.9 Å². The minimum atomic E-state index is -0.0535. The van der Waals surface area contributed by atoms with E-state index in [1.807, 2.05) is 6.92 Å². The Balaban J connectivity index is 1.26. The van der Waals surface area contributed by atoms with Gasteiger partial charge in [0.1, 0.15) is 0 Å². The molecule has 3 rings (SSSR count). The number of unbranched alkanes of at least 4 members (excludes halogenated alkanes) is 2. The Hall–Kier alpha value is -0.420. The zero-order chi connectivity index (χ0) is 19.6. The molecular formula is C24H42O4. The van der Waals surface area contributed by atoms with Gasteiger partial charge in [0, 0.05) is 17.8 Å². The molecule has 28 heavy (non-hydrogen) atoms. The summed E-state index contributed by atoms with van der Waals surface area (Å²) in [5, 5.41) is 0. The standard InChI is InChI=1S/C24H42O4/c1-3-5-6-8-19-9-12-22(13-10-19)24-27-17-21(18-28-24)11-14-23-25-15-20(7-4-2)16-26-23/h4,7,19-24H,3,5-6,8-18H2,1-2H3/b7-4-. The second kappa shape index (κ2) is 12.3. The second-order valence-corrected chi connectivity index (χ2v) is 9.14. The Labute approximate surface area is 172 Å². The van der Waals surface area contributed by atoms with Crippen molar-refractivity contribution in [3.05, 3.63) is 12.2 Å². The largest absolute Gasteiger partial charge is 0.352 e. The number of hydrogen-bond donors (Lipinski definition) is 0. The van der Waals surface area contributed by atoms with E-state index in [0.717, 1.165) is 45.2 Å². The maximum atomic E-state index is 6.14. The molecule has 0 aromatic carbocycles. The van der Waals surface area contributed by atoms with Crippen molar-refractivity contribution < 1.29 is 18.9 Å². The summed E-state index contributed by atoms with van der Waals surface area (Å²) in [4.78, 5) is 0. The fourth-order valence-electron chi connectivity index (χ4n) is 4.91. The number of ether oxygens (including phenoxy) is 4. The summed E-state index contributed by atoms with van der Waals surface area (Å²) in [5.74, 6) is 2.44. The fourth-order valence-corrected chi connectivity index (χ4v) is 4.91. The van der Waals surface area contributed by atoms with Crippen LogP contribution in [0.5, 0.6) is 0 Å². The molecule has 0 bridgehead atoms. The van der Waals surface area contributed by atoms with Crippen LogP contribution in [0.4, 0.5) is 0 Å². The zero-order valence-electron chi connectivity index (χ0n) is 18.2. The first kappa shape index (κ1) is 22.3. The second-order valence-electron chi connectivity index (χ2n) is 9.14. The molecule has 162 valence electrons. The SMILES string of the molecule is C/C=C\C1COC(CCC2COC(C3CCC(CCCCC)CC3)OC2)OC1. The number of rotatable bonds is 9. The summed E-state index contributed by atoms with van der Waals surface area (Å²) >= 11 is 0. The van der Waals surface area contributed by atoms with Crippen LogP contribution in [0.1, 0.15) is 78.1 Å². The lowest BCUT2D eigenvalue weighted by molar-refractivity contribution is -0.235. The Morgan fingerprint density at radius 3 is 2.11 bits per heavy atom. The first-order valence-corrected chi connectivity index (χ1v) is 11.9. The number of hydrogen-bond acceptors (Lipinski definition) is 4. The summed E-state index contributed by atoms with van der Waals surface area (Å²) in [7, 11) is 0. The molecule has 4 nitrogen and oxygen atoms in total. The van der Waals surface area contributed by atoms with Gasteiger partial charge in [0.05, 0.1) is 26.4 Å². The molecule has 0 N–H and O–H groups in total. The molecule has 0 unspecified atom stereocenters. The van der Waals surface area contributed by atoms with Gasteiger partial charge >= 0.3 is 0 Å². The third kappa shape index (κ3) is 7.12. The smallest absolute Gasteiger partial charge is 0.160 e. The van der Waals surface area contributed by atoms with Crippen LogP contribution in [0.2, 0.25) is 0 Å².